The SMILES string of the molecule is COc1cc(C=NNC(=O)c2cc(Br)ccc2O)ccc1O. The van der Waals surface area contributed by atoms with Gasteiger partial charge in [-0.15, -0.1) is 0 Å². The first-order valence-corrected chi connectivity index (χ1v) is 6.99. The van der Waals surface area contributed by atoms with Crippen molar-refractivity contribution in [2.75, 3.05) is 7.11 Å². The van der Waals surface area contributed by atoms with Gasteiger partial charge < -0.3 is 14.9 Å². The van der Waals surface area contributed by atoms with Crippen molar-refractivity contribution in [1.29, 1.82) is 0 Å². The average molecular weight is 365 g/mol. The molecule has 2 aromatic carbocycles. The molecule has 22 heavy (non-hydrogen) atoms. The van der Waals surface area contributed by atoms with Crippen LogP contribution in [0, 0.1) is 0 Å². The summed E-state index contributed by atoms with van der Waals surface area (Å²) in [5.41, 5.74) is 3.05. The second-order valence-corrected chi connectivity index (χ2v) is 5.21. The van der Waals surface area contributed by atoms with E-state index in [0.717, 1.165) is 0 Å². The lowest BCUT2D eigenvalue weighted by Crippen LogP contribution is -2.17. The van der Waals surface area contributed by atoms with Crippen molar-refractivity contribution < 1.29 is 19.7 Å². The molecule has 7 heteroatoms. The summed E-state index contributed by atoms with van der Waals surface area (Å²) >= 11 is 3.23. The Morgan fingerprint density at radius 3 is 2.68 bits per heavy atom. The van der Waals surface area contributed by atoms with Crippen LogP contribution in [0.1, 0.15) is 15.9 Å². The Labute approximate surface area is 135 Å². The van der Waals surface area contributed by atoms with Crippen molar-refractivity contribution in [3.05, 3.63) is 52.0 Å². The third-order valence-electron chi connectivity index (χ3n) is 2.79. The fraction of sp³-hybridized carbons (Fsp3) is 0.0667. The average Bonchev–Trinajstić information content (AvgIpc) is 2.51. The van der Waals surface area contributed by atoms with Gasteiger partial charge >= 0.3 is 0 Å². The van der Waals surface area contributed by atoms with Crippen molar-refractivity contribution in [2.45, 2.75) is 0 Å². The van der Waals surface area contributed by atoms with E-state index in [9.17, 15) is 15.0 Å². The minimum absolute atomic E-state index is 0.0164. The molecule has 2 aromatic rings. The molecule has 0 aliphatic carbocycles. The highest BCUT2D eigenvalue weighted by Crippen LogP contribution is 2.25. The third-order valence-corrected chi connectivity index (χ3v) is 3.28. The standard InChI is InChI=1S/C15H13BrN2O4/c1-22-14-6-9(2-4-13(14)20)8-17-18-15(21)11-7-10(16)3-5-12(11)19/h2-8,19-20H,1H3,(H,18,21). The van der Waals surface area contributed by atoms with Gasteiger partial charge in [0.2, 0.25) is 0 Å². The first-order valence-electron chi connectivity index (χ1n) is 6.20. The number of rotatable bonds is 4. The van der Waals surface area contributed by atoms with Crippen LogP contribution in [0.15, 0.2) is 46.0 Å². The lowest BCUT2D eigenvalue weighted by atomic mass is 10.2. The fourth-order valence-corrected chi connectivity index (χ4v) is 2.05. The van der Waals surface area contributed by atoms with Crippen LogP contribution in [0.3, 0.4) is 0 Å². The predicted octanol–water partition coefficient (Wildman–Crippen LogP) is 2.63. The maximum Gasteiger partial charge on any atom is 0.275 e. The lowest BCUT2D eigenvalue weighted by Gasteiger charge is -2.04. The molecule has 0 saturated carbocycles. The van der Waals surface area contributed by atoms with Gasteiger partial charge in [-0.05, 0) is 42.0 Å². The van der Waals surface area contributed by atoms with E-state index in [-0.39, 0.29) is 17.1 Å². The van der Waals surface area contributed by atoms with E-state index in [1.165, 1.54) is 31.5 Å². The predicted molar refractivity (Wildman–Crippen MR) is 85.5 cm³/mol. The number of hydrazone groups is 1. The van der Waals surface area contributed by atoms with Crippen molar-refractivity contribution in [2.24, 2.45) is 5.10 Å². The molecular weight excluding hydrogens is 352 g/mol. The van der Waals surface area contributed by atoms with E-state index in [1.807, 2.05) is 0 Å². The number of ether oxygens (including phenoxy) is 1. The monoisotopic (exact) mass is 364 g/mol. The second kappa shape index (κ2) is 6.95. The number of benzene rings is 2. The van der Waals surface area contributed by atoms with Crippen LogP contribution in [0.25, 0.3) is 0 Å². The lowest BCUT2D eigenvalue weighted by molar-refractivity contribution is 0.0952. The summed E-state index contributed by atoms with van der Waals surface area (Å²) in [7, 11) is 1.44. The summed E-state index contributed by atoms with van der Waals surface area (Å²) in [5, 5.41) is 22.9. The number of nitrogens with zero attached hydrogens (tertiary/aromatic N) is 1. The number of aromatic hydroxyl groups is 2. The molecule has 0 heterocycles. The van der Waals surface area contributed by atoms with Crippen LogP contribution in [-0.4, -0.2) is 29.4 Å². The molecule has 0 unspecified atom stereocenters. The van der Waals surface area contributed by atoms with E-state index >= 15 is 0 Å². The number of methoxy groups -OCH3 is 1. The van der Waals surface area contributed by atoms with E-state index in [4.69, 9.17) is 4.74 Å². The van der Waals surface area contributed by atoms with Gasteiger partial charge in [-0.2, -0.15) is 5.10 Å². The Morgan fingerprint density at radius 1 is 1.23 bits per heavy atom. The largest absolute Gasteiger partial charge is 0.507 e. The summed E-state index contributed by atoms with van der Waals surface area (Å²) in [4.78, 5) is 11.9. The maximum absolute atomic E-state index is 11.9. The highest BCUT2D eigenvalue weighted by molar-refractivity contribution is 9.10. The molecule has 0 aliphatic rings. The zero-order valence-electron chi connectivity index (χ0n) is 11.6. The quantitative estimate of drug-likeness (QED) is 0.574. The molecule has 114 valence electrons. The van der Waals surface area contributed by atoms with Crippen molar-refractivity contribution in [3.63, 3.8) is 0 Å². The number of nitrogens with one attached hydrogen (secondary N) is 1. The first kappa shape index (κ1) is 15.8. The van der Waals surface area contributed by atoms with Crippen molar-refractivity contribution >= 4 is 28.1 Å². The Balaban J connectivity index is 2.09. The number of amides is 1. The number of hydrogen-bond donors (Lipinski definition) is 3. The fourth-order valence-electron chi connectivity index (χ4n) is 1.69. The number of phenols is 2. The van der Waals surface area contributed by atoms with Crippen molar-refractivity contribution in [3.8, 4) is 17.2 Å². The molecule has 0 aliphatic heterocycles. The summed E-state index contributed by atoms with van der Waals surface area (Å²) in [6.07, 6.45) is 1.40. The molecule has 2 rings (SSSR count). The van der Waals surface area contributed by atoms with Crippen molar-refractivity contribution in [1.82, 2.24) is 5.43 Å². The molecule has 0 bridgehead atoms. The van der Waals surface area contributed by atoms with Crippen LogP contribution in [0.4, 0.5) is 0 Å². The Bertz CT molecular complexity index is 731. The highest BCUT2D eigenvalue weighted by Gasteiger charge is 2.10. The summed E-state index contributed by atoms with van der Waals surface area (Å²) in [5.74, 6) is -0.356. The van der Waals surface area contributed by atoms with E-state index < -0.39 is 5.91 Å². The molecule has 1 amide bonds. The Morgan fingerprint density at radius 2 is 1.95 bits per heavy atom. The van der Waals surface area contributed by atoms with Gasteiger partial charge in [0.25, 0.3) is 5.91 Å². The molecule has 0 radical (unpaired) electrons. The smallest absolute Gasteiger partial charge is 0.275 e. The van der Waals surface area contributed by atoms with Crippen LogP contribution in [-0.2, 0) is 0 Å². The van der Waals surface area contributed by atoms with E-state index in [0.29, 0.717) is 15.8 Å². The van der Waals surface area contributed by atoms with Crippen LogP contribution in [0.2, 0.25) is 0 Å². The normalized spacial score (nSPS) is 10.6. The molecule has 0 aromatic heterocycles. The van der Waals surface area contributed by atoms with E-state index in [1.54, 1.807) is 18.2 Å². The van der Waals surface area contributed by atoms with Gasteiger partial charge in [0.1, 0.15) is 5.75 Å². The molecule has 3 N–H and O–H groups in total. The zero-order valence-corrected chi connectivity index (χ0v) is 13.2. The molecular formula is C15H13BrN2O4. The van der Waals surface area contributed by atoms with E-state index in [2.05, 4.69) is 26.5 Å². The van der Waals surface area contributed by atoms with Gasteiger partial charge in [0.05, 0.1) is 18.9 Å². The van der Waals surface area contributed by atoms with Gasteiger partial charge in [0.15, 0.2) is 11.5 Å². The number of hydrogen-bond acceptors (Lipinski definition) is 5. The maximum atomic E-state index is 11.9. The zero-order chi connectivity index (χ0) is 16.1. The number of carbonyl (C=O) groups excluding carboxylic acids is 1. The molecule has 0 spiro atoms. The second-order valence-electron chi connectivity index (χ2n) is 4.29. The van der Waals surface area contributed by atoms with Crippen LogP contribution in [0.5, 0.6) is 17.2 Å². The Hall–Kier alpha value is -2.54. The molecule has 6 nitrogen and oxygen atoms in total. The summed E-state index contributed by atoms with van der Waals surface area (Å²) in [6.45, 7) is 0. The molecule has 0 atom stereocenters. The van der Waals surface area contributed by atoms with Crippen LogP contribution >= 0.6 is 15.9 Å². The topological polar surface area (TPSA) is 91.2 Å². The minimum Gasteiger partial charge on any atom is -0.507 e. The number of phenolic OH excluding ortho intramolecular Hbond substituents is 2. The summed E-state index contributed by atoms with van der Waals surface area (Å²) in [6, 6.07) is 9.17. The minimum atomic E-state index is -0.541. The Kier molecular flexibility index (Phi) is 5.00. The van der Waals surface area contributed by atoms with Gasteiger partial charge in [0, 0.05) is 4.47 Å². The van der Waals surface area contributed by atoms with Gasteiger partial charge in [-0.25, -0.2) is 5.43 Å². The van der Waals surface area contributed by atoms with Gasteiger partial charge in [-0.1, -0.05) is 15.9 Å². The van der Waals surface area contributed by atoms with Gasteiger partial charge in [-0.3, -0.25) is 4.79 Å². The molecule has 0 fully saturated rings. The number of halogens is 1. The highest BCUT2D eigenvalue weighted by atomic mass is 79.9. The molecule has 0 saturated heterocycles. The number of carbonyl (C=O) groups is 1. The van der Waals surface area contributed by atoms with Crippen LogP contribution < -0.4 is 10.2 Å². The third kappa shape index (κ3) is 3.76. The summed E-state index contributed by atoms with van der Waals surface area (Å²) < 4.78 is 5.64. The first-order chi connectivity index (χ1) is 10.5.